The van der Waals surface area contributed by atoms with Gasteiger partial charge in [0.1, 0.15) is 0 Å². The van der Waals surface area contributed by atoms with Gasteiger partial charge in [0, 0.05) is 12.6 Å². The number of nitrogens with one attached hydrogen (secondary N) is 2. The Labute approximate surface area is 126 Å². The van der Waals surface area contributed by atoms with Crippen LogP contribution < -0.4 is 10.6 Å². The maximum absolute atomic E-state index is 11.8. The summed E-state index contributed by atoms with van der Waals surface area (Å²) in [6.45, 7) is 2.69. The predicted octanol–water partition coefficient (Wildman–Crippen LogP) is 2.62. The molecule has 2 aromatic rings. The third kappa shape index (κ3) is 4.72. The van der Waals surface area contributed by atoms with Gasteiger partial charge in [-0.15, -0.1) is 0 Å². The summed E-state index contributed by atoms with van der Waals surface area (Å²) >= 11 is 0. The van der Waals surface area contributed by atoms with Crippen molar-refractivity contribution >= 4 is 5.91 Å². The summed E-state index contributed by atoms with van der Waals surface area (Å²) in [5.41, 5.74) is 3.39. The Hall–Kier alpha value is -2.13. The molecule has 0 aliphatic rings. The molecule has 0 bridgehead atoms. The molecule has 1 unspecified atom stereocenters. The lowest BCUT2D eigenvalue weighted by molar-refractivity contribution is -0.120. The average Bonchev–Trinajstić information content (AvgIpc) is 2.54. The molecule has 0 aliphatic heterocycles. The SMILES string of the molecule is CNC(C)CNC(=O)Cc1ccc(-c2ccccc2)cc1. The molecule has 0 saturated carbocycles. The highest BCUT2D eigenvalue weighted by Gasteiger charge is 2.05. The van der Waals surface area contributed by atoms with Gasteiger partial charge in [-0.2, -0.15) is 0 Å². The van der Waals surface area contributed by atoms with Crippen LogP contribution in [-0.2, 0) is 11.2 Å². The summed E-state index contributed by atoms with van der Waals surface area (Å²) in [7, 11) is 1.89. The fourth-order valence-electron chi connectivity index (χ4n) is 2.06. The molecule has 3 nitrogen and oxygen atoms in total. The van der Waals surface area contributed by atoms with Gasteiger partial charge in [-0.05, 0) is 30.7 Å². The van der Waals surface area contributed by atoms with Crippen LogP contribution in [0.15, 0.2) is 54.6 Å². The van der Waals surface area contributed by atoms with Crippen LogP contribution in [0, 0.1) is 0 Å². The fourth-order valence-corrected chi connectivity index (χ4v) is 2.06. The first-order valence-corrected chi connectivity index (χ1v) is 7.27. The van der Waals surface area contributed by atoms with Gasteiger partial charge in [0.2, 0.25) is 5.91 Å². The lowest BCUT2D eigenvalue weighted by atomic mass is 10.0. The van der Waals surface area contributed by atoms with Crippen LogP contribution in [0.3, 0.4) is 0 Å². The second-order valence-electron chi connectivity index (χ2n) is 5.23. The number of benzene rings is 2. The summed E-state index contributed by atoms with van der Waals surface area (Å²) in [5, 5.41) is 6.02. The van der Waals surface area contributed by atoms with E-state index in [1.165, 1.54) is 11.1 Å². The highest BCUT2D eigenvalue weighted by molar-refractivity contribution is 5.78. The van der Waals surface area contributed by atoms with E-state index < -0.39 is 0 Å². The average molecular weight is 282 g/mol. The Morgan fingerprint density at radius 3 is 2.24 bits per heavy atom. The lowest BCUT2D eigenvalue weighted by Crippen LogP contribution is -2.37. The zero-order valence-corrected chi connectivity index (χ0v) is 12.6. The summed E-state index contributed by atoms with van der Waals surface area (Å²) in [4.78, 5) is 11.8. The van der Waals surface area contributed by atoms with Crippen molar-refractivity contribution in [3.05, 3.63) is 60.2 Å². The minimum absolute atomic E-state index is 0.0598. The Morgan fingerprint density at radius 1 is 1.00 bits per heavy atom. The highest BCUT2D eigenvalue weighted by atomic mass is 16.1. The third-order valence-electron chi connectivity index (χ3n) is 3.52. The Morgan fingerprint density at radius 2 is 1.62 bits per heavy atom. The first kappa shape index (κ1) is 15.3. The molecule has 2 aromatic carbocycles. The van der Waals surface area contributed by atoms with Gasteiger partial charge in [-0.1, -0.05) is 54.6 Å². The Bertz CT molecular complexity index is 564. The van der Waals surface area contributed by atoms with Crippen LogP contribution >= 0.6 is 0 Å². The molecule has 0 fully saturated rings. The molecular formula is C18H22N2O. The van der Waals surface area contributed by atoms with Crippen LogP contribution in [0.5, 0.6) is 0 Å². The zero-order chi connectivity index (χ0) is 15.1. The largest absolute Gasteiger partial charge is 0.354 e. The van der Waals surface area contributed by atoms with Gasteiger partial charge in [-0.25, -0.2) is 0 Å². The van der Waals surface area contributed by atoms with Crippen molar-refractivity contribution in [1.29, 1.82) is 0 Å². The number of amides is 1. The topological polar surface area (TPSA) is 41.1 Å². The van der Waals surface area contributed by atoms with Crippen molar-refractivity contribution in [2.24, 2.45) is 0 Å². The number of carbonyl (C=O) groups is 1. The van der Waals surface area contributed by atoms with Gasteiger partial charge in [-0.3, -0.25) is 4.79 Å². The molecular weight excluding hydrogens is 260 g/mol. The van der Waals surface area contributed by atoms with Crippen molar-refractivity contribution in [3.8, 4) is 11.1 Å². The highest BCUT2D eigenvalue weighted by Crippen LogP contribution is 2.19. The van der Waals surface area contributed by atoms with E-state index in [0.29, 0.717) is 13.0 Å². The summed E-state index contributed by atoms with van der Waals surface area (Å²) < 4.78 is 0. The Balaban J connectivity index is 1.92. The standard InChI is InChI=1S/C18H22N2O/c1-14(19-2)13-20-18(21)12-15-8-10-17(11-9-15)16-6-4-3-5-7-16/h3-11,14,19H,12-13H2,1-2H3,(H,20,21). The predicted molar refractivity (Wildman–Crippen MR) is 87.1 cm³/mol. The van der Waals surface area contributed by atoms with E-state index in [1.54, 1.807) is 0 Å². The number of rotatable bonds is 6. The molecule has 0 saturated heterocycles. The minimum Gasteiger partial charge on any atom is -0.354 e. The normalized spacial score (nSPS) is 11.9. The van der Waals surface area contributed by atoms with Gasteiger partial charge in [0.15, 0.2) is 0 Å². The van der Waals surface area contributed by atoms with E-state index in [-0.39, 0.29) is 11.9 Å². The lowest BCUT2D eigenvalue weighted by Gasteiger charge is -2.11. The van der Waals surface area contributed by atoms with Crippen LogP contribution in [0.1, 0.15) is 12.5 Å². The molecule has 2 N–H and O–H groups in total. The van der Waals surface area contributed by atoms with Crippen LogP contribution in [0.2, 0.25) is 0 Å². The zero-order valence-electron chi connectivity index (χ0n) is 12.6. The minimum atomic E-state index is 0.0598. The molecule has 0 radical (unpaired) electrons. The summed E-state index contributed by atoms with van der Waals surface area (Å²) in [5.74, 6) is 0.0598. The molecule has 0 spiro atoms. The quantitative estimate of drug-likeness (QED) is 0.855. The molecule has 0 heterocycles. The molecule has 2 rings (SSSR count). The second-order valence-corrected chi connectivity index (χ2v) is 5.23. The molecule has 1 atom stereocenters. The maximum atomic E-state index is 11.8. The molecule has 3 heteroatoms. The van der Waals surface area contributed by atoms with E-state index in [2.05, 4.69) is 34.9 Å². The second kappa shape index (κ2) is 7.60. The van der Waals surface area contributed by atoms with E-state index in [4.69, 9.17) is 0 Å². The number of likely N-dealkylation sites (N-methyl/N-ethyl adjacent to an activating group) is 1. The van der Waals surface area contributed by atoms with Gasteiger partial charge in [0.05, 0.1) is 6.42 Å². The number of carbonyl (C=O) groups excluding carboxylic acids is 1. The van der Waals surface area contributed by atoms with Crippen molar-refractivity contribution < 1.29 is 4.79 Å². The Kier molecular flexibility index (Phi) is 5.52. The summed E-state index contributed by atoms with van der Waals surface area (Å²) in [6.07, 6.45) is 0.422. The third-order valence-corrected chi connectivity index (χ3v) is 3.52. The molecule has 1 amide bonds. The van der Waals surface area contributed by atoms with Gasteiger partial charge in [0.25, 0.3) is 0 Å². The van der Waals surface area contributed by atoms with E-state index >= 15 is 0 Å². The van der Waals surface area contributed by atoms with Gasteiger partial charge >= 0.3 is 0 Å². The van der Waals surface area contributed by atoms with E-state index in [0.717, 1.165) is 5.56 Å². The molecule has 21 heavy (non-hydrogen) atoms. The molecule has 0 aromatic heterocycles. The van der Waals surface area contributed by atoms with E-state index in [1.807, 2.05) is 44.3 Å². The first-order chi connectivity index (χ1) is 10.2. The van der Waals surface area contributed by atoms with Crippen molar-refractivity contribution in [2.75, 3.05) is 13.6 Å². The number of hydrogen-bond donors (Lipinski definition) is 2. The van der Waals surface area contributed by atoms with Crippen molar-refractivity contribution in [3.63, 3.8) is 0 Å². The summed E-state index contributed by atoms with van der Waals surface area (Å²) in [6, 6.07) is 18.7. The van der Waals surface area contributed by atoms with Crippen molar-refractivity contribution in [2.45, 2.75) is 19.4 Å². The van der Waals surface area contributed by atoms with Gasteiger partial charge < -0.3 is 10.6 Å². The monoisotopic (exact) mass is 282 g/mol. The molecule has 110 valence electrons. The van der Waals surface area contributed by atoms with E-state index in [9.17, 15) is 4.79 Å². The van der Waals surface area contributed by atoms with Crippen LogP contribution in [0.4, 0.5) is 0 Å². The van der Waals surface area contributed by atoms with Crippen LogP contribution in [0.25, 0.3) is 11.1 Å². The number of hydrogen-bond acceptors (Lipinski definition) is 2. The smallest absolute Gasteiger partial charge is 0.224 e. The first-order valence-electron chi connectivity index (χ1n) is 7.27. The maximum Gasteiger partial charge on any atom is 0.224 e. The van der Waals surface area contributed by atoms with Crippen LogP contribution in [-0.4, -0.2) is 25.5 Å². The van der Waals surface area contributed by atoms with Crippen molar-refractivity contribution in [1.82, 2.24) is 10.6 Å². The fraction of sp³-hybridized carbons (Fsp3) is 0.278. The molecule has 0 aliphatic carbocycles.